The minimum absolute atomic E-state index is 0.00487. The molecular weight excluding hydrogens is 342 g/mol. The minimum atomic E-state index is -0.0125. The molecule has 1 atom stereocenters. The van der Waals surface area contributed by atoms with Gasteiger partial charge in [-0.2, -0.15) is 0 Å². The fourth-order valence-corrected chi connectivity index (χ4v) is 4.90. The Labute approximate surface area is 166 Å². The summed E-state index contributed by atoms with van der Waals surface area (Å²) < 4.78 is 0. The van der Waals surface area contributed by atoms with Gasteiger partial charge in [-0.25, -0.2) is 0 Å². The molecule has 1 aliphatic carbocycles. The number of ketones is 1. The zero-order valence-electron chi connectivity index (χ0n) is 16.7. The first kappa shape index (κ1) is 17.2. The molecule has 2 heteroatoms. The maximum atomic E-state index is 13.3. The molecule has 0 bridgehead atoms. The normalized spacial score (nSPS) is 20.5. The molecule has 0 fully saturated rings. The van der Waals surface area contributed by atoms with Gasteiger partial charge in [-0.1, -0.05) is 74.0 Å². The number of carbonyl (C=O) groups excluding carboxylic acids is 1. The van der Waals surface area contributed by atoms with Crippen LogP contribution in [0.2, 0.25) is 0 Å². The quantitative estimate of drug-likeness (QED) is 0.543. The maximum Gasteiger partial charge on any atom is 0.162 e. The van der Waals surface area contributed by atoms with Gasteiger partial charge in [0.25, 0.3) is 0 Å². The summed E-state index contributed by atoms with van der Waals surface area (Å²) in [5, 5.41) is 6.09. The van der Waals surface area contributed by atoms with Crippen molar-refractivity contribution in [3.8, 4) is 0 Å². The van der Waals surface area contributed by atoms with Crippen molar-refractivity contribution in [2.75, 3.05) is 5.32 Å². The summed E-state index contributed by atoms with van der Waals surface area (Å²) in [6, 6.07) is 21.5. The molecular formula is C26H25NO. The van der Waals surface area contributed by atoms with Gasteiger partial charge in [0, 0.05) is 29.3 Å². The van der Waals surface area contributed by atoms with Crippen molar-refractivity contribution in [2.24, 2.45) is 5.41 Å². The van der Waals surface area contributed by atoms with Gasteiger partial charge < -0.3 is 5.32 Å². The summed E-state index contributed by atoms with van der Waals surface area (Å²) in [6.45, 7) is 6.48. The van der Waals surface area contributed by atoms with Crippen LogP contribution in [0.5, 0.6) is 0 Å². The Morgan fingerprint density at radius 3 is 2.46 bits per heavy atom. The number of anilines is 1. The summed E-state index contributed by atoms with van der Waals surface area (Å²) in [5.74, 6) is 0.268. The van der Waals surface area contributed by atoms with Crippen molar-refractivity contribution in [1.29, 1.82) is 0 Å². The number of benzene rings is 3. The van der Waals surface area contributed by atoms with E-state index in [2.05, 4.69) is 86.8 Å². The van der Waals surface area contributed by atoms with Crippen LogP contribution < -0.4 is 5.32 Å². The third-order valence-electron chi connectivity index (χ3n) is 6.16. The van der Waals surface area contributed by atoms with E-state index in [1.54, 1.807) is 0 Å². The number of hydrogen-bond donors (Lipinski definition) is 1. The first-order chi connectivity index (χ1) is 13.4. The highest BCUT2D eigenvalue weighted by Crippen LogP contribution is 2.50. The van der Waals surface area contributed by atoms with Crippen LogP contribution in [0, 0.1) is 12.3 Å². The third kappa shape index (κ3) is 2.67. The lowest BCUT2D eigenvalue weighted by atomic mass is 9.68. The largest absolute Gasteiger partial charge is 0.358 e. The topological polar surface area (TPSA) is 29.1 Å². The van der Waals surface area contributed by atoms with E-state index in [4.69, 9.17) is 0 Å². The van der Waals surface area contributed by atoms with Crippen LogP contribution in [0.15, 0.2) is 71.9 Å². The Kier molecular flexibility index (Phi) is 3.74. The molecule has 0 aromatic heterocycles. The number of carbonyl (C=O) groups is 1. The lowest BCUT2D eigenvalue weighted by Gasteiger charge is -2.40. The average Bonchev–Trinajstić information content (AvgIpc) is 2.66. The second-order valence-electron chi connectivity index (χ2n) is 9.05. The molecule has 5 rings (SSSR count). The Bertz CT molecular complexity index is 1130. The van der Waals surface area contributed by atoms with Gasteiger partial charge in [-0.05, 0) is 46.7 Å². The molecule has 28 heavy (non-hydrogen) atoms. The van der Waals surface area contributed by atoms with E-state index >= 15 is 0 Å². The Hall–Kier alpha value is -2.87. The summed E-state index contributed by atoms with van der Waals surface area (Å²) in [5.41, 5.74) is 6.87. The number of allylic oxidation sites excluding steroid dienone is 2. The van der Waals surface area contributed by atoms with Gasteiger partial charge in [0.1, 0.15) is 0 Å². The maximum absolute atomic E-state index is 13.3. The predicted molar refractivity (Wildman–Crippen MR) is 116 cm³/mol. The van der Waals surface area contributed by atoms with Crippen LogP contribution in [0.4, 0.5) is 5.69 Å². The van der Waals surface area contributed by atoms with Crippen molar-refractivity contribution in [1.82, 2.24) is 0 Å². The summed E-state index contributed by atoms with van der Waals surface area (Å²) >= 11 is 0. The van der Waals surface area contributed by atoms with E-state index in [0.29, 0.717) is 6.42 Å². The van der Waals surface area contributed by atoms with Gasteiger partial charge in [-0.15, -0.1) is 0 Å². The molecule has 1 heterocycles. The first-order valence-corrected chi connectivity index (χ1v) is 10.0. The highest BCUT2D eigenvalue weighted by Gasteiger charge is 2.41. The van der Waals surface area contributed by atoms with Gasteiger partial charge >= 0.3 is 0 Å². The second kappa shape index (κ2) is 6.07. The molecule has 0 radical (unpaired) electrons. The number of fused-ring (bicyclic) bond motifs is 3. The van der Waals surface area contributed by atoms with Crippen molar-refractivity contribution < 1.29 is 4.79 Å². The van der Waals surface area contributed by atoms with Crippen LogP contribution in [-0.2, 0) is 4.79 Å². The molecule has 0 spiro atoms. The lowest BCUT2D eigenvalue weighted by molar-refractivity contribution is -0.118. The average molecular weight is 367 g/mol. The summed E-state index contributed by atoms with van der Waals surface area (Å²) in [4.78, 5) is 13.3. The predicted octanol–water partition coefficient (Wildman–Crippen LogP) is 6.35. The van der Waals surface area contributed by atoms with Crippen molar-refractivity contribution in [3.05, 3.63) is 88.6 Å². The van der Waals surface area contributed by atoms with Gasteiger partial charge in [0.05, 0.1) is 0 Å². The van der Waals surface area contributed by atoms with Gasteiger partial charge in [0.15, 0.2) is 5.78 Å². The Morgan fingerprint density at radius 2 is 1.68 bits per heavy atom. The van der Waals surface area contributed by atoms with Gasteiger partial charge in [0.2, 0.25) is 0 Å². The van der Waals surface area contributed by atoms with Crippen LogP contribution in [-0.4, -0.2) is 5.78 Å². The molecule has 3 aromatic carbocycles. The number of hydrogen-bond acceptors (Lipinski definition) is 2. The number of Topliss-reactive ketones (excluding diaryl/α,β-unsaturated/α-hetero) is 1. The monoisotopic (exact) mass is 367 g/mol. The molecule has 140 valence electrons. The molecule has 3 aromatic rings. The molecule has 2 nitrogen and oxygen atoms in total. The van der Waals surface area contributed by atoms with Crippen LogP contribution >= 0.6 is 0 Å². The summed E-state index contributed by atoms with van der Waals surface area (Å²) in [6.07, 6.45) is 1.51. The molecule has 1 N–H and O–H groups in total. The molecule has 1 unspecified atom stereocenters. The Morgan fingerprint density at radius 1 is 0.929 bits per heavy atom. The third-order valence-corrected chi connectivity index (χ3v) is 6.16. The second-order valence-corrected chi connectivity index (χ2v) is 9.05. The highest BCUT2D eigenvalue weighted by molar-refractivity contribution is 6.04. The first-order valence-electron chi connectivity index (χ1n) is 10.0. The van der Waals surface area contributed by atoms with E-state index in [9.17, 15) is 4.79 Å². The number of rotatable bonds is 1. The number of nitrogens with one attached hydrogen (secondary N) is 1. The van der Waals surface area contributed by atoms with Crippen molar-refractivity contribution in [2.45, 2.75) is 39.5 Å². The van der Waals surface area contributed by atoms with E-state index < -0.39 is 0 Å². The standard InChI is InChI=1S/C26H25NO/c1-16-8-10-18(11-9-16)23-24-19-7-5-4-6-17(19)12-13-20(24)27-21-14-26(2,3)15-22(28)25(21)23/h4-13,23,27H,14-15H2,1-3H3. The minimum Gasteiger partial charge on any atom is -0.358 e. The van der Waals surface area contributed by atoms with Gasteiger partial charge in [-0.3, -0.25) is 4.79 Å². The van der Waals surface area contributed by atoms with Crippen LogP contribution in [0.25, 0.3) is 10.8 Å². The molecule has 0 saturated carbocycles. The highest BCUT2D eigenvalue weighted by atomic mass is 16.1. The lowest BCUT2D eigenvalue weighted by Crippen LogP contribution is -2.33. The fraction of sp³-hybridized carbons (Fsp3) is 0.269. The zero-order chi connectivity index (χ0) is 19.5. The molecule has 1 aliphatic heterocycles. The SMILES string of the molecule is Cc1ccc(C2C3=C(CC(C)(C)CC3=O)Nc3ccc4ccccc4c32)cc1. The van der Waals surface area contributed by atoms with E-state index in [1.165, 1.54) is 27.5 Å². The number of aryl methyl sites for hydroxylation is 1. The van der Waals surface area contributed by atoms with Crippen molar-refractivity contribution >= 4 is 22.2 Å². The zero-order valence-corrected chi connectivity index (χ0v) is 16.7. The van der Waals surface area contributed by atoms with E-state index in [1.807, 2.05) is 0 Å². The van der Waals surface area contributed by atoms with Crippen LogP contribution in [0.3, 0.4) is 0 Å². The van der Waals surface area contributed by atoms with Crippen molar-refractivity contribution in [3.63, 3.8) is 0 Å². The van der Waals surface area contributed by atoms with E-state index in [-0.39, 0.29) is 17.1 Å². The molecule has 0 amide bonds. The summed E-state index contributed by atoms with van der Waals surface area (Å²) in [7, 11) is 0. The Balaban J connectivity index is 1.81. The van der Waals surface area contributed by atoms with Crippen LogP contribution in [0.1, 0.15) is 49.3 Å². The molecule has 2 aliphatic rings. The molecule has 0 saturated heterocycles. The van der Waals surface area contributed by atoms with E-state index in [0.717, 1.165) is 23.4 Å². The fourth-order valence-electron chi connectivity index (χ4n) is 4.90. The smallest absolute Gasteiger partial charge is 0.162 e.